The summed E-state index contributed by atoms with van der Waals surface area (Å²) in [4.78, 5) is 44.7. The van der Waals surface area contributed by atoms with Gasteiger partial charge in [-0.05, 0) is 124 Å². The fraction of sp³-hybridized carbons (Fsp3) is 0.673. The van der Waals surface area contributed by atoms with Crippen molar-refractivity contribution in [3.8, 4) is 0 Å². The van der Waals surface area contributed by atoms with Gasteiger partial charge in [-0.2, -0.15) is 0 Å². The summed E-state index contributed by atoms with van der Waals surface area (Å²) in [6.07, 6.45) is 4.02. The van der Waals surface area contributed by atoms with E-state index in [1.807, 2.05) is 93.5 Å². The molecule has 0 aliphatic carbocycles. The maximum absolute atomic E-state index is 13.1. The summed E-state index contributed by atoms with van der Waals surface area (Å²) in [6.45, 7) is 32.1. The fourth-order valence-electron chi connectivity index (χ4n) is 4.28. The Hall–Kier alpha value is -4.11. The van der Waals surface area contributed by atoms with E-state index < -0.39 is 57.6 Å². The van der Waals surface area contributed by atoms with Gasteiger partial charge < -0.3 is 28.8 Å². The van der Waals surface area contributed by atoms with Gasteiger partial charge in [-0.3, -0.25) is 14.4 Å². The molecular weight excluding hydrogens is 844 g/mol. The van der Waals surface area contributed by atoms with E-state index in [-0.39, 0.29) is 40.9 Å². The molecule has 4 rings (SSSR count). The topological polar surface area (TPSA) is 141 Å². The van der Waals surface area contributed by atoms with Gasteiger partial charge in [0.1, 0.15) is 31.0 Å². The molecule has 2 heterocycles. The predicted molar refractivity (Wildman–Crippen MR) is 237 cm³/mol. The van der Waals surface area contributed by atoms with E-state index in [2.05, 4.69) is 13.8 Å². The van der Waals surface area contributed by atoms with E-state index in [4.69, 9.17) is 28.8 Å². The lowest BCUT2D eigenvalue weighted by atomic mass is 9.91. The third kappa shape index (κ3) is 21.3. The van der Waals surface area contributed by atoms with Gasteiger partial charge in [0, 0.05) is 5.56 Å². The number of carboxylic acid groups (broad SMARTS) is 1. The smallest absolute Gasteiger partial charge is 0.338 e. The summed E-state index contributed by atoms with van der Waals surface area (Å²) >= 11 is 0. The van der Waals surface area contributed by atoms with Crippen LogP contribution in [0.4, 0.5) is 22.0 Å². The number of esters is 3. The predicted octanol–water partition coefficient (Wildman–Crippen LogP) is 12.3. The Morgan fingerprint density at radius 3 is 1.22 bits per heavy atom. The Labute approximate surface area is 378 Å². The van der Waals surface area contributed by atoms with Crippen LogP contribution in [0.25, 0.3) is 0 Å². The standard InChI is InChI=1S/C15H22O2.C10H9F5.2C9H16O3.C6H12O2/c1-6-11(2)12-7-9-13(10-8-12)14(16)17-15(3,4)5;1-3-4(2)5-6(11)8(13)10(15)9(14)7(5)12;2*1-4-9(2,3)8(10)12-6-7-5-11-7;1-4-6(2,3)5(7)8/h7-11H,6H2,1-5H3;4H,3H2,1-2H3;2*7H,4-6H2,1-3H3;4H2,1-3H3,(H,7,8). The summed E-state index contributed by atoms with van der Waals surface area (Å²) < 4.78 is 89.6. The minimum Gasteiger partial charge on any atom is -0.481 e. The number of carbonyl (C=O) groups excluding carboxylic acids is 3. The molecule has 0 amide bonds. The first-order chi connectivity index (χ1) is 29.4. The van der Waals surface area contributed by atoms with E-state index in [1.165, 1.54) is 12.5 Å². The van der Waals surface area contributed by atoms with E-state index >= 15 is 0 Å². The van der Waals surface area contributed by atoms with E-state index in [0.717, 1.165) is 32.5 Å². The summed E-state index contributed by atoms with van der Waals surface area (Å²) in [6, 6.07) is 7.70. The quantitative estimate of drug-likeness (QED) is 0.0458. The van der Waals surface area contributed by atoms with Crippen molar-refractivity contribution < 1.29 is 69.9 Å². The molecule has 2 saturated heterocycles. The van der Waals surface area contributed by atoms with Crippen LogP contribution in [0.3, 0.4) is 0 Å². The molecule has 0 radical (unpaired) electrons. The number of benzene rings is 2. The van der Waals surface area contributed by atoms with Crippen molar-refractivity contribution >= 4 is 23.9 Å². The van der Waals surface area contributed by atoms with E-state index in [9.17, 15) is 41.1 Å². The van der Waals surface area contributed by atoms with Gasteiger partial charge in [-0.25, -0.2) is 26.7 Å². The summed E-state index contributed by atoms with van der Waals surface area (Å²) in [5, 5.41) is 8.44. The summed E-state index contributed by atoms with van der Waals surface area (Å²) in [5.74, 6) is -10.8. The highest BCUT2D eigenvalue weighted by molar-refractivity contribution is 5.89. The van der Waals surface area contributed by atoms with Gasteiger partial charge in [-0.1, -0.05) is 60.6 Å². The lowest BCUT2D eigenvalue weighted by molar-refractivity contribution is -0.155. The van der Waals surface area contributed by atoms with Crippen LogP contribution in [0.2, 0.25) is 0 Å². The molecule has 2 fully saturated rings. The number of aliphatic carboxylic acids is 1. The van der Waals surface area contributed by atoms with Crippen molar-refractivity contribution in [2.75, 3.05) is 26.4 Å². The first-order valence-corrected chi connectivity index (χ1v) is 22.0. The van der Waals surface area contributed by atoms with Crippen LogP contribution >= 0.6 is 0 Å². The molecular formula is C49H75F5O10. The normalized spacial score (nSPS) is 16.3. The molecule has 64 heavy (non-hydrogen) atoms. The second-order valence-corrected chi connectivity index (χ2v) is 18.9. The van der Waals surface area contributed by atoms with Crippen molar-refractivity contribution in [3.63, 3.8) is 0 Å². The molecule has 0 aromatic heterocycles. The molecule has 15 heteroatoms. The maximum atomic E-state index is 13.1. The largest absolute Gasteiger partial charge is 0.481 e. The van der Waals surface area contributed by atoms with Crippen molar-refractivity contribution in [1.29, 1.82) is 0 Å². The molecule has 4 unspecified atom stereocenters. The number of ether oxygens (including phenoxy) is 5. The highest BCUT2D eigenvalue weighted by Gasteiger charge is 2.32. The first-order valence-electron chi connectivity index (χ1n) is 22.0. The lowest BCUT2D eigenvalue weighted by Gasteiger charge is -2.19. The molecule has 2 aromatic rings. The lowest BCUT2D eigenvalue weighted by Crippen LogP contribution is -2.27. The number of rotatable bonds is 15. The van der Waals surface area contributed by atoms with Crippen LogP contribution in [-0.4, -0.2) is 73.2 Å². The molecule has 0 saturated carbocycles. The van der Waals surface area contributed by atoms with Gasteiger partial charge in [0.05, 0.1) is 35.0 Å². The molecule has 366 valence electrons. The SMILES string of the molecule is CCC(C)(C)C(=O)O.CCC(C)(C)C(=O)OCC1CO1.CCC(C)(C)C(=O)OCC1CO1.CCC(C)c1c(F)c(F)c(F)c(F)c1F.CCC(C)c1ccc(C(=O)OC(C)(C)C)cc1. The minimum absolute atomic E-state index is 0.125. The van der Waals surface area contributed by atoms with Gasteiger partial charge in [-0.15, -0.1) is 0 Å². The van der Waals surface area contributed by atoms with Crippen LogP contribution in [0.5, 0.6) is 0 Å². The summed E-state index contributed by atoms with van der Waals surface area (Å²) in [7, 11) is 0. The highest BCUT2D eigenvalue weighted by Crippen LogP contribution is 2.30. The molecule has 0 bridgehead atoms. The highest BCUT2D eigenvalue weighted by atomic mass is 19.2. The van der Waals surface area contributed by atoms with E-state index in [1.54, 1.807) is 20.8 Å². The molecule has 2 aromatic carbocycles. The van der Waals surface area contributed by atoms with Gasteiger partial charge in [0.25, 0.3) is 0 Å². The van der Waals surface area contributed by atoms with Crippen molar-refractivity contribution in [3.05, 3.63) is 70.0 Å². The Bertz CT molecular complexity index is 1710. The number of hydrogen-bond acceptors (Lipinski definition) is 9. The second kappa shape index (κ2) is 26.8. The zero-order valence-corrected chi connectivity index (χ0v) is 41.0. The number of epoxide rings is 2. The minimum atomic E-state index is -2.11. The zero-order valence-electron chi connectivity index (χ0n) is 41.0. The van der Waals surface area contributed by atoms with Crippen LogP contribution < -0.4 is 0 Å². The van der Waals surface area contributed by atoms with E-state index in [0.29, 0.717) is 37.5 Å². The van der Waals surface area contributed by atoms with Gasteiger partial charge in [0.2, 0.25) is 5.82 Å². The van der Waals surface area contributed by atoms with Gasteiger partial charge in [0.15, 0.2) is 23.3 Å². The van der Waals surface area contributed by atoms with Crippen LogP contribution in [0.1, 0.15) is 176 Å². The van der Waals surface area contributed by atoms with Crippen LogP contribution in [0.15, 0.2) is 24.3 Å². The monoisotopic (exact) mass is 919 g/mol. The zero-order chi connectivity index (χ0) is 50.0. The Morgan fingerprint density at radius 2 is 0.953 bits per heavy atom. The third-order valence-corrected chi connectivity index (χ3v) is 11.0. The molecule has 2 aliphatic heterocycles. The third-order valence-electron chi connectivity index (χ3n) is 11.0. The molecule has 1 N–H and O–H groups in total. The Balaban J connectivity index is 0.000000790. The summed E-state index contributed by atoms with van der Waals surface area (Å²) in [5.41, 5.74) is -0.545. The fourth-order valence-corrected chi connectivity index (χ4v) is 4.28. The number of hydrogen-bond donors (Lipinski definition) is 1. The number of halogens is 5. The maximum Gasteiger partial charge on any atom is 0.338 e. The molecule has 2 aliphatic rings. The Kier molecular flexibility index (Phi) is 25.0. The average Bonchev–Trinajstić information content (AvgIpc) is 4.20. The second-order valence-electron chi connectivity index (χ2n) is 18.9. The number of carboxylic acids is 1. The Morgan fingerprint density at radius 1 is 0.609 bits per heavy atom. The van der Waals surface area contributed by atoms with Crippen LogP contribution in [0, 0.1) is 45.3 Å². The van der Waals surface area contributed by atoms with Crippen molar-refractivity contribution in [2.45, 2.75) is 173 Å². The molecule has 0 spiro atoms. The van der Waals surface area contributed by atoms with Crippen molar-refractivity contribution in [1.82, 2.24) is 0 Å². The average molecular weight is 919 g/mol. The van der Waals surface area contributed by atoms with Crippen molar-refractivity contribution in [2.24, 2.45) is 16.2 Å². The van der Waals surface area contributed by atoms with Crippen LogP contribution in [-0.2, 0) is 38.1 Å². The molecule has 4 atom stereocenters. The molecule has 10 nitrogen and oxygen atoms in total. The van der Waals surface area contributed by atoms with Gasteiger partial charge >= 0.3 is 23.9 Å². The first kappa shape index (κ1) is 59.9. The number of carbonyl (C=O) groups is 4.